The Morgan fingerprint density at radius 2 is 1.23 bits per heavy atom. The Morgan fingerprint density at radius 1 is 0.686 bits per heavy atom. The fourth-order valence-corrected chi connectivity index (χ4v) is 5.24. The monoisotopic (exact) mass is 511 g/mol. The van der Waals surface area contributed by atoms with Crippen molar-refractivity contribution < 1.29 is 5.11 Å². The van der Waals surface area contributed by atoms with Crippen molar-refractivity contribution in [3.05, 3.63) is 116 Å². The summed E-state index contributed by atoms with van der Waals surface area (Å²) in [5.74, 6) is 13.1. The lowest BCUT2D eigenvalue weighted by Crippen LogP contribution is -1.92. The average molecular weight is 512 g/mol. The summed E-state index contributed by atoms with van der Waals surface area (Å²) < 4.78 is 0. The Labute approximate surface area is 219 Å². The third kappa shape index (κ3) is 5.84. The summed E-state index contributed by atoms with van der Waals surface area (Å²) in [5.41, 5.74) is 5.30. The maximum atomic E-state index is 10.2. The van der Waals surface area contributed by atoms with Gasteiger partial charge in [0, 0.05) is 31.0 Å². The summed E-state index contributed by atoms with van der Waals surface area (Å²) >= 11 is 13.6. The summed E-state index contributed by atoms with van der Waals surface area (Å²) in [4.78, 5) is 6.82. The summed E-state index contributed by atoms with van der Waals surface area (Å²) in [5, 5.41) is 11.6. The average Bonchev–Trinajstić information content (AvgIpc) is 3.37. The van der Waals surface area contributed by atoms with Crippen LogP contribution in [0.4, 0.5) is 0 Å². The van der Waals surface area contributed by atoms with Crippen molar-refractivity contribution in [2.75, 3.05) is 0 Å². The highest BCUT2D eigenvalue weighted by atomic mass is 35.5. The fourth-order valence-electron chi connectivity index (χ4n) is 3.91. The molecule has 35 heavy (non-hydrogen) atoms. The molecule has 1 aliphatic rings. The third-order valence-electron chi connectivity index (χ3n) is 5.60. The number of nitrogens with zero attached hydrogens (tertiary/aromatic N) is 1. The second kappa shape index (κ2) is 10.5. The van der Waals surface area contributed by atoms with E-state index in [1.807, 2.05) is 66.7 Å². The van der Waals surface area contributed by atoms with Gasteiger partial charge >= 0.3 is 0 Å². The first-order valence-electron chi connectivity index (χ1n) is 11.1. The topological polar surface area (TPSA) is 33.1 Å². The third-order valence-corrected chi connectivity index (χ3v) is 7.18. The SMILES string of the molecule is Oc1ccc(Sc2cc(C#Cc3ccc(Cl)cc3)nc(C#Cc3ccc(Cl)cc3)c2)c2c1CCC2. The zero-order chi connectivity index (χ0) is 24.2. The molecule has 2 nitrogen and oxygen atoms in total. The summed E-state index contributed by atoms with van der Waals surface area (Å²) in [6, 6.07) is 22.6. The molecule has 3 aromatic carbocycles. The van der Waals surface area contributed by atoms with Crippen molar-refractivity contribution in [2.45, 2.75) is 29.1 Å². The molecule has 0 radical (unpaired) electrons. The highest BCUT2D eigenvalue weighted by Crippen LogP contribution is 2.40. The van der Waals surface area contributed by atoms with E-state index in [0.717, 1.165) is 45.7 Å². The molecule has 0 aliphatic heterocycles. The van der Waals surface area contributed by atoms with Gasteiger partial charge in [-0.2, -0.15) is 0 Å². The molecule has 4 aromatic rings. The first kappa shape index (κ1) is 23.4. The van der Waals surface area contributed by atoms with Crippen LogP contribution in [0.3, 0.4) is 0 Å². The van der Waals surface area contributed by atoms with E-state index in [-0.39, 0.29) is 0 Å². The molecule has 0 saturated heterocycles. The number of halogens is 2. The van der Waals surface area contributed by atoms with Crippen LogP contribution < -0.4 is 0 Å². The second-order valence-corrected chi connectivity index (χ2v) is 10.1. The minimum Gasteiger partial charge on any atom is -0.508 e. The summed E-state index contributed by atoms with van der Waals surface area (Å²) in [7, 11) is 0. The van der Waals surface area contributed by atoms with Crippen LogP contribution in [0.5, 0.6) is 5.75 Å². The summed E-state index contributed by atoms with van der Waals surface area (Å²) in [6.07, 6.45) is 2.96. The van der Waals surface area contributed by atoms with Crippen molar-refractivity contribution in [1.82, 2.24) is 4.98 Å². The van der Waals surface area contributed by atoms with Gasteiger partial charge in [-0.1, -0.05) is 46.8 Å². The number of fused-ring (bicyclic) bond motifs is 1. The molecule has 170 valence electrons. The van der Waals surface area contributed by atoms with Gasteiger partial charge in [0.15, 0.2) is 0 Å². The maximum Gasteiger partial charge on any atom is 0.119 e. The van der Waals surface area contributed by atoms with E-state index in [0.29, 0.717) is 27.2 Å². The van der Waals surface area contributed by atoms with E-state index in [2.05, 4.69) is 28.7 Å². The number of rotatable bonds is 2. The highest BCUT2D eigenvalue weighted by molar-refractivity contribution is 7.99. The Kier molecular flexibility index (Phi) is 7.03. The Balaban J connectivity index is 1.52. The van der Waals surface area contributed by atoms with Crippen LogP contribution >= 0.6 is 35.0 Å². The number of phenols is 1. The van der Waals surface area contributed by atoms with Gasteiger partial charge in [0.1, 0.15) is 17.1 Å². The van der Waals surface area contributed by atoms with Crippen LogP contribution in [0.25, 0.3) is 0 Å². The largest absolute Gasteiger partial charge is 0.508 e. The molecule has 1 aliphatic carbocycles. The number of pyridine rings is 1. The molecule has 5 rings (SSSR count). The standard InChI is InChI=1S/C30H19Cl2NOS/c31-22-10-4-20(5-11-22)8-14-24-18-26(35-30-17-16-29(34)27-2-1-3-28(27)30)19-25(33-24)15-9-21-6-12-23(32)13-7-21/h4-7,10-13,16-19,34H,1-3H2. The van der Waals surface area contributed by atoms with Crippen LogP contribution in [-0.4, -0.2) is 10.1 Å². The lowest BCUT2D eigenvalue weighted by atomic mass is 10.1. The van der Waals surface area contributed by atoms with Crippen LogP contribution in [0.1, 0.15) is 40.1 Å². The van der Waals surface area contributed by atoms with E-state index in [4.69, 9.17) is 23.2 Å². The van der Waals surface area contributed by atoms with Gasteiger partial charge in [0.2, 0.25) is 0 Å². The number of benzene rings is 3. The number of hydrogen-bond donors (Lipinski definition) is 1. The number of phenolic OH excluding ortho intramolecular Hbond substituents is 1. The molecule has 5 heteroatoms. The minimum atomic E-state index is 0.389. The van der Waals surface area contributed by atoms with Crippen LogP contribution in [-0.2, 0) is 12.8 Å². The van der Waals surface area contributed by atoms with E-state index < -0.39 is 0 Å². The molecule has 1 aromatic heterocycles. The Hall–Kier alpha value is -3.34. The molecule has 0 unspecified atom stereocenters. The smallest absolute Gasteiger partial charge is 0.119 e. The van der Waals surface area contributed by atoms with Gasteiger partial charge < -0.3 is 5.11 Å². The lowest BCUT2D eigenvalue weighted by Gasteiger charge is -2.10. The first-order chi connectivity index (χ1) is 17.0. The van der Waals surface area contributed by atoms with Crippen molar-refractivity contribution in [3.8, 4) is 29.4 Å². The van der Waals surface area contributed by atoms with Gasteiger partial charge in [-0.25, -0.2) is 4.98 Å². The van der Waals surface area contributed by atoms with Gasteiger partial charge in [-0.05, 0) is 115 Å². The minimum absolute atomic E-state index is 0.389. The number of aromatic hydroxyl groups is 1. The van der Waals surface area contributed by atoms with E-state index in [9.17, 15) is 5.11 Å². The second-order valence-electron chi connectivity index (χ2n) is 8.08. The molecule has 0 amide bonds. The van der Waals surface area contributed by atoms with Gasteiger partial charge in [0.25, 0.3) is 0 Å². The predicted octanol–water partition coefficient (Wildman–Crippen LogP) is 7.53. The van der Waals surface area contributed by atoms with Gasteiger partial charge in [0.05, 0.1) is 0 Å². The van der Waals surface area contributed by atoms with Crippen molar-refractivity contribution in [3.63, 3.8) is 0 Å². The van der Waals surface area contributed by atoms with E-state index in [1.54, 1.807) is 17.8 Å². The molecule has 1 heterocycles. The van der Waals surface area contributed by atoms with Gasteiger partial charge in [-0.15, -0.1) is 0 Å². The molecule has 1 N–H and O–H groups in total. The number of aromatic nitrogens is 1. The van der Waals surface area contributed by atoms with Crippen LogP contribution in [0, 0.1) is 23.7 Å². The zero-order valence-electron chi connectivity index (χ0n) is 18.6. The Morgan fingerprint density at radius 3 is 1.80 bits per heavy atom. The lowest BCUT2D eigenvalue weighted by molar-refractivity contribution is 0.468. The van der Waals surface area contributed by atoms with Crippen molar-refractivity contribution in [2.24, 2.45) is 0 Å². The van der Waals surface area contributed by atoms with Crippen LogP contribution in [0.2, 0.25) is 10.0 Å². The normalized spacial score (nSPS) is 11.7. The predicted molar refractivity (Wildman–Crippen MR) is 143 cm³/mol. The molecule has 0 bridgehead atoms. The molecule has 0 fully saturated rings. The fraction of sp³-hybridized carbons (Fsp3) is 0.100. The maximum absolute atomic E-state index is 10.2. The van der Waals surface area contributed by atoms with Crippen LogP contribution in [0.15, 0.2) is 82.6 Å². The van der Waals surface area contributed by atoms with E-state index in [1.165, 1.54) is 5.56 Å². The molecular weight excluding hydrogens is 493 g/mol. The molecular formula is C30H19Cl2NOS. The first-order valence-corrected chi connectivity index (χ1v) is 12.7. The zero-order valence-corrected chi connectivity index (χ0v) is 20.9. The quantitative estimate of drug-likeness (QED) is 0.282. The van der Waals surface area contributed by atoms with Crippen molar-refractivity contribution >= 4 is 35.0 Å². The Bertz CT molecular complexity index is 1440. The molecule has 0 saturated carbocycles. The van der Waals surface area contributed by atoms with E-state index >= 15 is 0 Å². The molecule has 0 atom stereocenters. The summed E-state index contributed by atoms with van der Waals surface area (Å²) in [6.45, 7) is 0. The number of hydrogen-bond acceptors (Lipinski definition) is 3. The van der Waals surface area contributed by atoms with Gasteiger partial charge in [-0.3, -0.25) is 0 Å². The highest BCUT2D eigenvalue weighted by Gasteiger charge is 2.19. The molecule has 0 spiro atoms. The van der Waals surface area contributed by atoms with Crippen molar-refractivity contribution in [1.29, 1.82) is 0 Å².